The summed E-state index contributed by atoms with van der Waals surface area (Å²) in [6, 6.07) is 0. The normalized spacial score (nSPS) is 44.2. The van der Waals surface area contributed by atoms with E-state index in [0.29, 0.717) is 0 Å². The molecule has 18 heavy (non-hydrogen) atoms. The summed E-state index contributed by atoms with van der Waals surface area (Å²) in [6.07, 6.45) is 1.43. The Kier molecular flexibility index (Phi) is 3.55. The van der Waals surface area contributed by atoms with Gasteiger partial charge in [-0.2, -0.15) is 0 Å². The second-order valence-electron chi connectivity index (χ2n) is 5.35. The van der Waals surface area contributed by atoms with E-state index in [2.05, 4.69) is 0 Å². The van der Waals surface area contributed by atoms with E-state index in [0.717, 1.165) is 25.7 Å². The highest BCUT2D eigenvalue weighted by Crippen LogP contribution is 2.45. The molecule has 1 saturated carbocycles. The zero-order valence-corrected chi connectivity index (χ0v) is 10.9. The van der Waals surface area contributed by atoms with Crippen LogP contribution in [0.4, 0.5) is 0 Å². The molecule has 3 aliphatic rings. The molecule has 0 aromatic rings. The highest BCUT2D eigenvalue weighted by molar-refractivity contribution is 6.18. The Hall–Kier alpha value is 0.0900. The third-order valence-electron chi connectivity index (χ3n) is 4.07. The number of alkyl halides is 1. The van der Waals surface area contributed by atoms with E-state index in [-0.39, 0.29) is 5.88 Å². The molecule has 5 nitrogen and oxygen atoms in total. The van der Waals surface area contributed by atoms with Gasteiger partial charge in [0.25, 0.3) is 0 Å². The van der Waals surface area contributed by atoms with Gasteiger partial charge in [0.1, 0.15) is 18.3 Å². The molecule has 1 aliphatic carbocycles. The highest BCUT2D eigenvalue weighted by atomic mass is 35.5. The van der Waals surface area contributed by atoms with Crippen LogP contribution in [0.5, 0.6) is 0 Å². The average Bonchev–Trinajstić information content (AvgIpc) is 2.86. The van der Waals surface area contributed by atoms with Crippen molar-refractivity contribution in [1.82, 2.24) is 0 Å². The van der Waals surface area contributed by atoms with Gasteiger partial charge in [-0.25, -0.2) is 0 Å². The van der Waals surface area contributed by atoms with E-state index >= 15 is 0 Å². The zero-order chi connectivity index (χ0) is 12.8. The van der Waals surface area contributed by atoms with Crippen molar-refractivity contribution >= 4 is 11.6 Å². The lowest BCUT2D eigenvalue weighted by atomic mass is 9.94. The predicted molar refractivity (Wildman–Crippen MR) is 63.2 cm³/mol. The van der Waals surface area contributed by atoms with Crippen LogP contribution in [0.25, 0.3) is 0 Å². The van der Waals surface area contributed by atoms with Gasteiger partial charge in [0.05, 0.1) is 12.0 Å². The molecule has 0 radical (unpaired) electrons. The fourth-order valence-electron chi connectivity index (χ4n) is 3.10. The van der Waals surface area contributed by atoms with Crippen LogP contribution >= 0.6 is 11.6 Å². The van der Waals surface area contributed by atoms with E-state index in [1.165, 1.54) is 6.42 Å². The minimum atomic E-state index is -0.901. The first-order valence-electron chi connectivity index (χ1n) is 6.58. The first-order valence-corrected chi connectivity index (χ1v) is 7.12. The van der Waals surface area contributed by atoms with Gasteiger partial charge in [0.2, 0.25) is 0 Å². The van der Waals surface area contributed by atoms with Crippen LogP contribution in [0.2, 0.25) is 0 Å². The van der Waals surface area contributed by atoms with Crippen molar-refractivity contribution in [1.29, 1.82) is 0 Å². The van der Waals surface area contributed by atoms with Gasteiger partial charge in [-0.05, 0) is 12.8 Å². The molecule has 0 bridgehead atoms. The molecule has 2 heterocycles. The summed E-state index contributed by atoms with van der Waals surface area (Å²) in [5, 5.41) is 19.8. The van der Waals surface area contributed by atoms with Crippen LogP contribution in [0, 0.1) is 0 Å². The molecular formula is C12H19ClO5. The van der Waals surface area contributed by atoms with Crippen molar-refractivity contribution < 1.29 is 24.4 Å². The summed E-state index contributed by atoms with van der Waals surface area (Å²) in [5.41, 5.74) is 0. The molecular weight excluding hydrogens is 260 g/mol. The number of hydrogen-bond donors (Lipinski definition) is 2. The lowest BCUT2D eigenvalue weighted by Gasteiger charge is -2.33. The minimum Gasteiger partial charge on any atom is -0.389 e. The third-order valence-corrected chi connectivity index (χ3v) is 4.38. The molecule has 3 rings (SSSR count). The summed E-state index contributed by atoms with van der Waals surface area (Å²) in [5.74, 6) is -0.558. The fourth-order valence-corrected chi connectivity index (χ4v) is 3.28. The van der Waals surface area contributed by atoms with E-state index < -0.39 is 36.5 Å². The van der Waals surface area contributed by atoms with Gasteiger partial charge in [-0.3, -0.25) is 0 Å². The standard InChI is InChI=1S/C12H19ClO5/c13-6-7(14)9-8(15)10-11(16-9)18-12(17-10)4-2-1-3-5-12/h7-11,14-15H,1-6H2/t7-,8+,9-,10-,11-/m1/s1. The Morgan fingerprint density at radius 3 is 2.56 bits per heavy atom. The topological polar surface area (TPSA) is 68.2 Å². The van der Waals surface area contributed by atoms with Crippen molar-refractivity contribution in [3.63, 3.8) is 0 Å². The Bertz CT molecular complexity index is 307. The van der Waals surface area contributed by atoms with Crippen molar-refractivity contribution in [3.05, 3.63) is 0 Å². The Labute approximate surface area is 111 Å². The van der Waals surface area contributed by atoms with E-state index in [1.54, 1.807) is 0 Å². The Morgan fingerprint density at radius 2 is 1.94 bits per heavy atom. The molecule has 0 aromatic carbocycles. The maximum Gasteiger partial charge on any atom is 0.190 e. The van der Waals surface area contributed by atoms with Crippen molar-refractivity contribution in [2.24, 2.45) is 0 Å². The van der Waals surface area contributed by atoms with E-state index in [9.17, 15) is 10.2 Å². The number of halogens is 1. The number of ether oxygens (including phenoxy) is 3. The van der Waals surface area contributed by atoms with Gasteiger partial charge in [-0.1, -0.05) is 6.42 Å². The van der Waals surface area contributed by atoms with Crippen LogP contribution < -0.4 is 0 Å². The molecule has 3 fully saturated rings. The summed E-state index contributed by atoms with van der Waals surface area (Å²) in [7, 11) is 0. The maximum atomic E-state index is 10.1. The molecule has 0 amide bonds. The second kappa shape index (κ2) is 4.89. The molecule has 2 aliphatic heterocycles. The predicted octanol–water partition coefficient (Wildman–Crippen LogP) is 0.748. The zero-order valence-electron chi connectivity index (χ0n) is 10.1. The SMILES string of the molecule is O[C@@H]1[C@H]2OC3(CCCCC3)O[C@H]2O[C@@H]1[C@H](O)CCl. The molecule has 0 aromatic heterocycles. The second-order valence-corrected chi connectivity index (χ2v) is 5.66. The van der Waals surface area contributed by atoms with Crippen molar-refractivity contribution in [2.45, 2.75) is 68.6 Å². The Morgan fingerprint density at radius 1 is 1.22 bits per heavy atom. The quantitative estimate of drug-likeness (QED) is 0.730. The monoisotopic (exact) mass is 278 g/mol. The molecule has 0 unspecified atom stereocenters. The van der Waals surface area contributed by atoms with Crippen LogP contribution in [-0.4, -0.2) is 52.6 Å². The van der Waals surface area contributed by atoms with Crippen molar-refractivity contribution in [3.8, 4) is 0 Å². The van der Waals surface area contributed by atoms with Crippen molar-refractivity contribution in [2.75, 3.05) is 5.88 Å². The molecule has 6 heteroatoms. The van der Waals surface area contributed by atoms with E-state index in [4.69, 9.17) is 25.8 Å². The first-order chi connectivity index (χ1) is 8.65. The number of fused-ring (bicyclic) bond motifs is 1. The summed E-state index contributed by atoms with van der Waals surface area (Å²) < 4.78 is 17.3. The molecule has 2 N–H and O–H groups in total. The average molecular weight is 279 g/mol. The summed E-state index contributed by atoms with van der Waals surface area (Å²) >= 11 is 5.57. The minimum absolute atomic E-state index is 0.0201. The number of rotatable bonds is 2. The molecule has 2 saturated heterocycles. The van der Waals surface area contributed by atoms with Gasteiger partial charge in [0.15, 0.2) is 12.1 Å². The number of aliphatic hydroxyl groups excluding tert-OH is 2. The lowest BCUT2D eigenvalue weighted by Crippen LogP contribution is -2.43. The summed E-state index contributed by atoms with van der Waals surface area (Å²) in [6.45, 7) is 0. The van der Waals surface area contributed by atoms with Gasteiger partial charge in [-0.15, -0.1) is 11.6 Å². The Balaban J connectivity index is 1.68. The lowest BCUT2D eigenvalue weighted by molar-refractivity contribution is -0.252. The van der Waals surface area contributed by atoms with Crippen LogP contribution in [0.3, 0.4) is 0 Å². The number of aliphatic hydroxyl groups is 2. The third kappa shape index (κ3) is 2.07. The molecule has 5 atom stereocenters. The number of hydrogen-bond acceptors (Lipinski definition) is 5. The highest BCUT2D eigenvalue weighted by Gasteiger charge is 2.58. The van der Waals surface area contributed by atoms with Crippen LogP contribution in [0.1, 0.15) is 32.1 Å². The summed E-state index contributed by atoms with van der Waals surface area (Å²) in [4.78, 5) is 0. The van der Waals surface area contributed by atoms with E-state index in [1.807, 2.05) is 0 Å². The van der Waals surface area contributed by atoms with Gasteiger partial charge in [0, 0.05) is 12.8 Å². The smallest absolute Gasteiger partial charge is 0.190 e. The fraction of sp³-hybridized carbons (Fsp3) is 1.00. The molecule has 1 spiro atoms. The van der Waals surface area contributed by atoms with Gasteiger partial charge >= 0.3 is 0 Å². The van der Waals surface area contributed by atoms with Gasteiger partial charge < -0.3 is 24.4 Å². The first kappa shape index (κ1) is 13.1. The maximum absolute atomic E-state index is 10.1. The van der Waals surface area contributed by atoms with Crippen LogP contribution in [0.15, 0.2) is 0 Å². The largest absolute Gasteiger partial charge is 0.389 e. The molecule has 104 valence electrons. The van der Waals surface area contributed by atoms with Crippen LogP contribution in [-0.2, 0) is 14.2 Å².